The molecule has 0 spiro atoms. The van der Waals surface area contributed by atoms with Crippen LogP contribution < -0.4 is 4.72 Å². The molecule has 1 atom stereocenters. The van der Waals surface area contributed by atoms with Crippen molar-refractivity contribution in [1.29, 1.82) is 0 Å². The fourth-order valence-electron chi connectivity index (χ4n) is 3.66. The van der Waals surface area contributed by atoms with Crippen LogP contribution in [0.4, 0.5) is 0 Å². The summed E-state index contributed by atoms with van der Waals surface area (Å²) in [6.45, 7) is 0.453. The van der Waals surface area contributed by atoms with Crippen LogP contribution in [0, 0.1) is 0 Å². The highest BCUT2D eigenvalue weighted by Gasteiger charge is 2.31. The number of amides is 1. The Labute approximate surface area is 195 Å². The van der Waals surface area contributed by atoms with Crippen molar-refractivity contribution in [2.75, 3.05) is 6.54 Å². The number of rotatable bonds is 8. The molecular formula is C22H23N5O6S. The van der Waals surface area contributed by atoms with E-state index in [1.807, 2.05) is 0 Å². The minimum Gasteiger partial charge on any atom is -0.478 e. The van der Waals surface area contributed by atoms with E-state index >= 15 is 0 Å². The fraction of sp³-hybridized carbons (Fsp3) is 0.318. The van der Waals surface area contributed by atoms with Crippen molar-refractivity contribution in [3.8, 4) is 11.5 Å². The quantitative estimate of drug-likeness (QED) is 0.486. The molecule has 178 valence electrons. The summed E-state index contributed by atoms with van der Waals surface area (Å²) in [5, 5.41) is 12.8. The van der Waals surface area contributed by atoms with E-state index in [0.29, 0.717) is 37.1 Å². The second-order valence-electron chi connectivity index (χ2n) is 7.92. The predicted molar refractivity (Wildman–Crippen MR) is 120 cm³/mol. The Bertz CT molecular complexity index is 1260. The van der Waals surface area contributed by atoms with Gasteiger partial charge < -0.3 is 14.5 Å². The molecule has 3 heterocycles. The second-order valence-corrected chi connectivity index (χ2v) is 9.67. The number of aromatic carboxylic acids is 1. The molecule has 2 N–H and O–H groups in total. The summed E-state index contributed by atoms with van der Waals surface area (Å²) in [5.41, 5.74) is 0.994. The van der Waals surface area contributed by atoms with Gasteiger partial charge in [0.2, 0.25) is 27.6 Å². The SMILES string of the molecule is O=C(O)c1ccc(-c2noc(CN3CCCC[C@H](NS(=O)(=O)Cc4ccccc4)C3=O)n2)nc1. The number of aromatic nitrogens is 3. The van der Waals surface area contributed by atoms with E-state index in [2.05, 4.69) is 19.8 Å². The van der Waals surface area contributed by atoms with Crippen molar-refractivity contribution >= 4 is 21.9 Å². The van der Waals surface area contributed by atoms with E-state index in [0.717, 1.165) is 0 Å². The van der Waals surface area contributed by atoms with Crippen molar-refractivity contribution in [3.63, 3.8) is 0 Å². The summed E-state index contributed by atoms with van der Waals surface area (Å²) < 4.78 is 33.1. The van der Waals surface area contributed by atoms with Crippen molar-refractivity contribution in [1.82, 2.24) is 24.7 Å². The maximum Gasteiger partial charge on any atom is 0.337 e. The molecule has 0 aliphatic carbocycles. The first kappa shape index (κ1) is 23.5. The monoisotopic (exact) mass is 485 g/mol. The first-order valence-electron chi connectivity index (χ1n) is 10.7. The summed E-state index contributed by atoms with van der Waals surface area (Å²) in [6, 6.07) is 10.7. The fourth-order valence-corrected chi connectivity index (χ4v) is 5.03. The third-order valence-corrected chi connectivity index (χ3v) is 6.69. The van der Waals surface area contributed by atoms with Gasteiger partial charge in [-0.1, -0.05) is 35.5 Å². The number of carboxylic acid groups (broad SMARTS) is 1. The standard InChI is InChI=1S/C22H23N5O6S/c28-21-18(26-34(31,32)14-15-6-2-1-3-7-15)8-4-5-11-27(21)13-19-24-20(25-33-19)17-10-9-16(12-23-17)22(29)30/h1-3,6-7,9-10,12,18,26H,4-5,8,11,13-14H2,(H,29,30)/t18-/m0/s1. The number of nitrogens with zero attached hydrogens (tertiary/aromatic N) is 4. The van der Waals surface area contributed by atoms with Crippen LogP contribution in [0.1, 0.15) is 41.1 Å². The highest BCUT2D eigenvalue weighted by atomic mass is 32.2. The molecule has 0 radical (unpaired) electrons. The normalized spacial score (nSPS) is 16.9. The van der Waals surface area contributed by atoms with Gasteiger partial charge in [0.1, 0.15) is 18.3 Å². The molecule has 0 saturated carbocycles. The minimum atomic E-state index is -3.72. The molecule has 1 aromatic carbocycles. The van der Waals surface area contributed by atoms with E-state index in [1.165, 1.54) is 23.2 Å². The van der Waals surface area contributed by atoms with Gasteiger partial charge in [0.05, 0.1) is 11.3 Å². The molecule has 11 nitrogen and oxygen atoms in total. The van der Waals surface area contributed by atoms with Crippen LogP contribution in [0.2, 0.25) is 0 Å². The zero-order valence-corrected chi connectivity index (χ0v) is 18.9. The molecule has 4 rings (SSSR count). The van der Waals surface area contributed by atoms with E-state index in [1.54, 1.807) is 30.3 Å². The van der Waals surface area contributed by atoms with Crippen molar-refractivity contribution < 1.29 is 27.6 Å². The zero-order valence-electron chi connectivity index (χ0n) is 18.1. The largest absolute Gasteiger partial charge is 0.478 e. The third-order valence-electron chi connectivity index (χ3n) is 5.34. The van der Waals surface area contributed by atoms with Gasteiger partial charge in [-0.2, -0.15) is 4.98 Å². The Balaban J connectivity index is 1.43. The third kappa shape index (κ3) is 5.83. The summed E-state index contributed by atoms with van der Waals surface area (Å²) in [7, 11) is -3.72. The van der Waals surface area contributed by atoms with Gasteiger partial charge in [0.25, 0.3) is 0 Å². The van der Waals surface area contributed by atoms with Crippen LogP contribution in [0.3, 0.4) is 0 Å². The van der Waals surface area contributed by atoms with Crippen molar-refractivity contribution in [3.05, 3.63) is 65.7 Å². The lowest BCUT2D eigenvalue weighted by Crippen LogP contribution is -2.47. The maximum absolute atomic E-state index is 13.1. The van der Waals surface area contributed by atoms with E-state index < -0.39 is 22.0 Å². The summed E-state index contributed by atoms with van der Waals surface area (Å²) in [6.07, 6.45) is 2.99. The van der Waals surface area contributed by atoms with Gasteiger partial charge in [0, 0.05) is 12.7 Å². The molecule has 1 saturated heterocycles. The van der Waals surface area contributed by atoms with Crippen LogP contribution in [0.5, 0.6) is 0 Å². The molecule has 3 aromatic rings. The number of benzene rings is 1. The number of sulfonamides is 1. The molecule has 1 aliphatic rings. The van der Waals surface area contributed by atoms with Crippen LogP contribution in [-0.2, 0) is 27.1 Å². The molecule has 1 aliphatic heterocycles. The first-order valence-corrected chi connectivity index (χ1v) is 12.3. The van der Waals surface area contributed by atoms with Gasteiger partial charge in [0.15, 0.2) is 0 Å². The summed E-state index contributed by atoms with van der Waals surface area (Å²) >= 11 is 0. The number of pyridine rings is 1. The average Bonchev–Trinajstić information content (AvgIpc) is 3.22. The second kappa shape index (κ2) is 10.1. The van der Waals surface area contributed by atoms with Gasteiger partial charge in [-0.15, -0.1) is 0 Å². The zero-order chi connectivity index (χ0) is 24.1. The predicted octanol–water partition coefficient (Wildman–Crippen LogP) is 1.83. The van der Waals surface area contributed by atoms with Gasteiger partial charge >= 0.3 is 5.97 Å². The number of hydrogen-bond donors (Lipinski definition) is 2. The highest BCUT2D eigenvalue weighted by Crippen LogP contribution is 2.19. The van der Waals surface area contributed by atoms with Crippen LogP contribution in [-0.4, -0.2) is 58.0 Å². The lowest BCUT2D eigenvalue weighted by Gasteiger charge is -2.23. The molecular weight excluding hydrogens is 462 g/mol. The van der Waals surface area contributed by atoms with Crippen LogP contribution in [0.25, 0.3) is 11.5 Å². The minimum absolute atomic E-state index is 0.0238. The first-order chi connectivity index (χ1) is 16.3. The van der Waals surface area contributed by atoms with Crippen LogP contribution in [0.15, 0.2) is 53.2 Å². The molecule has 34 heavy (non-hydrogen) atoms. The Morgan fingerprint density at radius 2 is 1.97 bits per heavy atom. The smallest absolute Gasteiger partial charge is 0.337 e. The molecule has 1 amide bonds. The Kier molecular flexibility index (Phi) is 6.98. The Hall–Kier alpha value is -3.64. The molecule has 12 heteroatoms. The van der Waals surface area contributed by atoms with Crippen molar-refractivity contribution in [2.24, 2.45) is 0 Å². The lowest BCUT2D eigenvalue weighted by molar-refractivity contribution is -0.133. The number of nitrogens with one attached hydrogen (secondary N) is 1. The number of carbonyl (C=O) groups excluding carboxylic acids is 1. The summed E-state index contributed by atoms with van der Waals surface area (Å²) in [5.74, 6) is -1.33. The lowest BCUT2D eigenvalue weighted by atomic mass is 10.1. The van der Waals surface area contributed by atoms with Gasteiger partial charge in [-0.3, -0.25) is 9.78 Å². The molecule has 0 unspecified atom stereocenters. The number of likely N-dealkylation sites (tertiary alicyclic amines) is 1. The molecule has 0 bridgehead atoms. The van der Waals surface area contributed by atoms with Gasteiger partial charge in [-0.25, -0.2) is 17.9 Å². The van der Waals surface area contributed by atoms with E-state index in [4.69, 9.17) is 9.63 Å². The van der Waals surface area contributed by atoms with E-state index in [9.17, 15) is 18.0 Å². The number of carboxylic acids is 1. The molecule has 1 fully saturated rings. The number of carbonyl (C=O) groups is 2. The summed E-state index contributed by atoms with van der Waals surface area (Å²) in [4.78, 5) is 33.8. The van der Waals surface area contributed by atoms with Gasteiger partial charge in [-0.05, 0) is 37.0 Å². The highest BCUT2D eigenvalue weighted by molar-refractivity contribution is 7.88. The van der Waals surface area contributed by atoms with E-state index in [-0.39, 0.29) is 35.5 Å². The number of hydrogen-bond acceptors (Lipinski definition) is 8. The topological polar surface area (TPSA) is 156 Å². The Morgan fingerprint density at radius 3 is 2.68 bits per heavy atom. The average molecular weight is 486 g/mol. The van der Waals surface area contributed by atoms with Crippen molar-refractivity contribution in [2.45, 2.75) is 37.6 Å². The van der Waals surface area contributed by atoms with Crippen LogP contribution >= 0.6 is 0 Å². The maximum atomic E-state index is 13.1. The Morgan fingerprint density at radius 1 is 1.18 bits per heavy atom. The molecule has 2 aromatic heterocycles.